The van der Waals surface area contributed by atoms with Crippen molar-refractivity contribution in [3.63, 3.8) is 0 Å². The van der Waals surface area contributed by atoms with Gasteiger partial charge in [-0.2, -0.15) is 0 Å². The van der Waals surface area contributed by atoms with Crippen LogP contribution in [0.4, 0.5) is 8.78 Å². The number of rotatable bonds is 3. The summed E-state index contributed by atoms with van der Waals surface area (Å²) in [4.78, 5) is 0. The van der Waals surface area contributed by atoms with E-state index in [1.165, 1.54) is 18.3 Å². The highest BCUT2D eigenvalue weighted by molar-refractivity contribution is 7.91. The smallest absolute Gasteiger partial charge is 0.144 e. The van der Waals surface area contributed by atoms with Crippen LogP contribution in [0.25, 0.3) is 0 Å². The zero-order valence-corrected chi connectivity index (χ0v) is 12.6. The molecule has 0 radical (unpaired) electrons. The van der Waals surface area contributed by atoms with E-state index in [-0.39, 0.29) is 17.0 Å². The Morgan fingerprint density at radius 2 is 1.68 bits per heavy atom. The fourth-order valence-corrected chi connectivity index (χ4v) is 2.03. The minimum absolute atomic E-state index is 0.0640. The van der Waals surface area contributed by atoms with Crippen LogP contribution in [0.5, 0.6) is 0 Å². The van der Waals surface area contributed by atoms with Gasteiger partial charge in [-0.15, -0.1) is 0 Å². The summed E-state index contributed by atoms with van der Waals surface area (Å²) in [6.45, 7) is 8.80. The van der Waals surface area contributed by atoms with E-state index in [4.69, 9.17) is 0 Å². The van der Waals surface area contributed by atoms with Gasteiger partial charge in [-0.3, -0.25) is 0 Å². The molecule has 0 saturated carbocycles. The summed E-state index contributed by atoms with van der Waals surface area (Å²) in [5.74, 6) is -1.43. The van der Waals surface area contributed by atoms with E-state index < -0.39 is 27.7 Å². The predicted octanol–water partition coefficient (Wildman–Crippen LogP) is 3.97. The van der Waals surface area contributed by atoms with E-state index >= 15 is 0 Å². The standard InChI is InChI=1S/C14H19F2NOS/c1-9(2)13-11(15)6-10(7-12(13)16)8-17-19(18)14(3,4)5/h6-9H,1-5H3/b17-8+. The Bertz CT molecular complexity index is 458. The normalized spacial score (nSPS) is 14.4. The van der Waals surface area contributed by atoms with Gasteiger partial charge in [0.15, 0.2) is 0 Å². The van der Waals surface area contributed by atoms with Gasteiger partial charge >= 0.3 is 0 Å². The average Bonchev–Trinajstić information content (AvgIpc) is 2.22. The highest BCUT2D eigenvalue weighted by Crippen LogP contribution is 2.23. The molecule has 1 aromatic rings. The fourth-order valence-electron chi connectivity index (χ4n) is 1.50. The molecule has 1 unspecified atom stereocenters. The summed E-state index contributed by atoms with van der Waals surface area (Å²) in [6.07, 6.45) is 1.25. The minimum atomic E-state index is -1.44. The topological polar surface area (TPSA) is 35.4 Å². The second-order valence-electron chi connectivity index (χ2n) is 5.65. The van der Waals surface area contributed by atoms with E-state index in [0.717, 1.165) is 0 Å². The molecule has 19 heavy (non-hydrogen) atoms. The van der Waals surface area contributed by atoms with Gasteiger partial charge in [0.2, 0.25) is 0 Å². The molecule has 5 heteroatoms. The van der Waals surface area contributed by atoms with E-state index in [0.29, 0.717) is 0 Å². The third-order valence-corrected chi connectivity index (χ3v) is 3.84. The van der Waals surface area contributed by atoms with Gasteiger partial charge in [0.25, 0.3) is 0 Å². The Kier molecular flexibility index (Phi) is 5.10. The van der Waals surface area contributed by atoms with E-state index in [2.05, 4.69) is 4.40 Å². The number of benzene rings is 1. The first-order chi connectivity index (χ1) is 8.62. The van der Waals surface area contributed by atoms with Crippen molar-refractivity contribution < 1.29 is 13.3 Å². The lowest BCUT2D eigenvalue weighted by atomic mass is 10.0. The fraction of sp³-hybridized carbons (Fsp3) is 0.500. The number of hydrogen-bond donors (Lipinski definition) is 0. The van der Waals surface area contributed by atoms with Crippen LogP contribution < -0.4 is 0 Å². The van der Waals surface area contributed by atoms with Crippen molar-refractivity contribution in [2.45, 2.75) is 45.3 Å². The van der Waals surface area contributed by atoms with Crippen molar-refractivity contribution in [2.75, 3.05) is 0 Å². The molecule has 0 aliphatic heterocycles. The van der Waals surface area contributed by atoms with Gasteiger partial charge in [-0.25, -0.2) is 8.78 Å². The van der Waals surface area contributed by atoms with Crippen molar-refractivity contribution >= 4 is 17.6 Å². The number of halogens is 2. The van der Waals surface area contributed by atoms with Gasteiger partial charge in [-0.1, -0.05) is 18.2 Å². The van der Waals surface area contributed by atoms with Gasteiger partial charge in [0.05, 0.1) is 6.21 Å². The van der Waals surface area contributed by atoms with Crippen molar-refractivity contribution in [2.24, 2.45) is 4.40 Å². The third kappa shape index (κ3) is 4.28. The first-order valence-electron chi connectivity index (χ1n) is 6.08. The van der Waals surface area contributed by atoms with Crippen molar-refractivity contribution in [3.8, 4) is 0 Å². The maximum atomic E-state index is 13.7. The molecular formula is C14H19F2NOS. The lowest BCUT2D eigenvalue weighted by Gasteiger charge is -2.17. The van der Waals surface area contributed by atoms with Crippen LogP contribution in [0, 0.1) is 11.6 Å². The molecule has 0 aromatic heterocycles. The third-order valence-electron chi connectivity index (χ3n) is 2.50. The van der Waals surface area contributed by atoms with Crippen molar-refractivity contribution in [1.29, 1.82) is 0 Å². The molecule has 106 valence electrons. The Morgan fingerprint density at radius 3 is 2.05 bits per heavy atom. The Labute approximate surface area is 116 Å². The molecule has 1 aromatic carbocycles. The summed E-state index contributed by atoms with van der Waals surface area (Å²) in [5, 5.41) is 0. The average molecular weight is 287 g/mol. The molecule has 0 heterocycles. The van der Waals surface area contributed by atoms with Crippen LogP contribution in [0.1, 0.15) is 51.7 Å². The highest BCUT2D eigenvalue weighted by Gasteiger charge is 2.25. The lowest BCUT2D eigenvalue weighted by molar-refractivity contribution is 0.541. The summed E-state index contributed by atoms with van der Waals surface area (Å²) in [6, 6.07) is 2.42. The molecule has 1 rings (SSSR count). The number of nitrogens with zero attached hydrogens (tertiary/aromatic N) is 1. The van der Waals surface area contributed by atoms with Crippen LogP contribution in [0.15, 0.2) is 16.5 Å². The van der Waals surface area contributed by atoms with E-state index in [9.17, 15) is 13.3 Å². The first-order valence-corrected chi connectivity index (χ1v) is 7.18. The molecule has 1 atom stereocenters. The molecule has 0 bridgehead atoms. The first kappa shape index (κ1) is 16.1. The largest absolute Gasteiger partial charge is 0.591 e. The molecule has 0 N–H and O–H groups in total. The summed E-state index contributed by atoms with van der Waals surface area (Å²) >= 11 is -1.44. The molecule has 0 aliphatic rings. The zero-order chi connectivity index (χ0) is 14.8. The maximum Gasteiger partial charge on any atom is 0.144 e. The zero-order valence-electron chi connectivity index (χ0n) is 11.8. The summed E-state index contributed by atoms with van der Waals surface area (Å²) < 4.78 is 42.5. The molecular weight excluding hydrogens is 268 g/mol. The molecule has 0 amide bonds. The van der Waals surface area contributed by atoms with Gasteiger partial charge in [-0.05, 0) is 38.8 Å². The van der Waals surface area contributed by atoms with Crippen LogP contribution in [0.2, 0.25) is 0 Å². The van der Waals surface area contributed by atoms with Crippen LogP contribution in [-0.4, -0.2) is 15.5 Å². The Morgan fingerprint density at radius 1 is 1.21 bits per heavy atom. The van der Waals surface area contributed by atoms with Crippen molar-refractivity contribution in [1.82, 2.24) is 0 Å². The SMILES string of the molecule is CC(C)c1c(F)cc(/C=N/[S+]([O-])C(C)(C)C)cc1F. The van der Waals surface area contributed by atoms with Crippen LogP contribution in [0.3, 0.4) is 0 Å². The molecule has 2 nitrogen and oxygen atoms in total. The lowest BCUT2D eigenvalue weighted by Crippen LogP contribution is -2.25. The van der Waals surface area contributed by atoms with Crippen molar-refractivity contribution in [3.05, 3.63) is 34.9 Å². The van der Waals surface area contributed by atoms with Crippen LogP contribution >= 0.6 is 0 Å². The highest BCUT2D eigenvalue weighted by atomic mass is 32.2. The van der Waals surface area contributed by atoms with Gasteiger partial charge < -0.3 is 4.55 Å². The monoisotopic (exact) mass is 287 g/mol. The van der Waals surface area contributed by atoms with E-state index in [1.807, 2.05) is 0 Å². The van der Waals surface area contributed by atoms with Gasteiger partial charge in [0, 0.05) is 11.1 Å². The second-order valence-corrected chi connectivity index (χ2v) is 7.58. The molecule has 0 spiro atoms. The molecule has 0 saturated heterocycles. The predicted molar refractivity (Wildman–Crippen MR) is 75.9 cm³/mol. The molecule has 0 fully saturated rings. The van der Waals surface area contributed by atoms with Crippen LogP contribution in [-0.2, 0) is 11.4 Å². The quantitative estimate of drug-likeness (QED) is 0.612. The molecule has 0 aliphatic carbocycles. The Balaban J connectivity index is 3.02. The van der Waals surface area contributed by atoms with E-state index in [1.54, 1.807) is 34.6 Å². The summed E-state index contributed by atoms with van der Waals surface area (Å²) in [5.41, 5.74) is 0.339. The summed E-state index contributed by atoms with van der Waals surface area (Å²) in [7, 11) is 0. The second kappa shape index (κ2) is 6.01. The number of hydrogen-bond acceptors (Lipinski definition) is 2. The maximum absolute atomic E-state index is 13.7. The Hall–Kier alpha value is -0.940. The van der Waals surface area contributed by atoms with Gasteiger partial charge in [0.1, 0.15) is 27.7 Å². The minimum Gasteiger partial charge on any atom is -0.591 e.